The van der Waals surface area contributed by atoms with Crippen molar-refractivity contribution in [1.82, 2.24) is 0 Å². The van der Waals surface area contributed by atoms with Crippen molar-refractivity contribution in [2.75, 3.05) is 5.73 Å². The van der Waals surface area contributed by atoms with Gasteiger partial charge < -0.3 is 5.73 Å². The molecule has 1 nitrogen and oxygen atoms in total. The molecule has 62 valence electrons. The summed E-state index contributed by atoms with van der Waals surface area (Å²) in [5, 5.41) is 0. The highest BCUT2D eigenvalue weighted by Gasteiger charge is 1.93. The molecule has 2 rings (SSSR count). The predicted octanol–water partition coefficient (Wildman–Crippen LogP) is 2.54. The van der Waals surface area contributed by atoms with Crippen molar-refractivity contribution in [3.63, 3.8) is 0 Å². The molecule has 2 aromatic rings. The molecule has 1 heteroatoms. The van der Waals surface area contributed by atoms with E-state index in [0.717, 1.165) is 16.8 Å². The fraction of sp³-hybridized carbons (Fsp3) is 0. The van der Waals surface area contributed by atoms with Gasteiger partial charge in [0.25, 0.3) is 0 Å². The van der Waals surface area contributed by atoms with Gasteiger partial charge >= 0.3 is 0 Å². The van der Waals surface area contributed by atoms with E-state index in [4.69, 9.17) is 5.73 Å². The monoisotopic (exact) mass is 167 g/mol. The van der Waals surface area contributed by atoms with Crippen molar-refractivity contribution in [3.05, 3.63) is 54.6 Å². The fourth-order valence-corrected chi connectivity index (χ4v) is 1.18. The minimum Gasteiger partial charge on any atom is -0.399 e. The quantitative estimate of drug-likeness (QED) is 0.649. The molecular weight excluding hydrogens is 158 g/mol. The van der Waals surface area contributed by atoms with Gasteiger partial charge in [0.2, 0.25) is 0 Å². The van der Waals surface area contributed by atoms with E-state index in [9.17, 15) is 0 Å². The molecule has 0 saturated heterocycles. The Balaban J connectivity index is 2.42. The van der Waals surface area contributed by atoms with Crippen molar-refractivity contribution < 1.29 is 0 Å². The van der Waals surface area contributed by atoms with Crippen LogP contribution in [-0.2, 0) is 0 Å². The molecule has 0 unspecified atom stereocenters. The second-order valence-corrected chi connectivity index (χ2v) is 2.83. The summed E-state index contributed by atoms with van der Waals surface area (Å²) in [6.45, 7) is 0. The highest BCUT2D eigenvalue weighted by molar-refractivity contribution is 5.63. The van der Waals surface area contributed by atoms with E-state index < -0.39 is 0 Å². The average molecular weight is 167 g/mol. The van der Waals surface area contributed by atoms with Gasteiger partial charge in [-0.2, -0.15) is 0 Å². The summed E-state index contributed by atoms with van der Waals surface area (Å²) < 4.78 is 0. The molecule has 0 radical (unpaired) electrons. The Kier molecular flexibility index (Phi) is 1.90. The van der Waals surface area contributed by atoms with Gasteiger partial charge in [-0.05, 0) is 29.8 Å². The summed E-state index contributed by atoms with van der Waals surface area (Å²) >= 11 is 0. The molecule has 2 aromatic carbocycles. The zero-order valence-corrected chi connectivity index (χ0v) is 7.12. The van der Waals surface area contributed by atoms with Crippen LogP contribution in [0, 0.1) is 12.1 Å². The number of hydrogen-bond acceptors (Lipinski definition) is 1. The van der Waals surface area contributed by atoms with Crippen LogP contribution in [0.5, 0.6) is 0 Å². The number of anilines is 1. The Labute approximate surface area is 77.8 Å². The number of hydrogen-bond donors (Lipinski definition) is 1. The number of nitrogens with two attached hydrogens (primary N) is 1. The highest BCUT2D eigenvalue weighted by Crippen LogP contribution is 2.17. The van der Waals surface area contributed by atoms with E-state index in [1.54, 1.807) is 0 Å². The van der Waals surface area contributed by atoms with Crippen LogP contribution in [0.2, 0.25) is 0 Å². The van der Waals surface area contributed by atoms with Gasteiger partial charge in [0.15, 0.2) is 0 Å². The van der Waals surface area contributed by atoms with Gasteiger partial charge in [-0.3, -0.25) is 0 Å². The molecule has 0 bridgehead atoms. The molecule has 2 N–H and O–H groups in total. The average Bonchev–Trinajstić information content (AvgIpc) is 2.20. The smallest absolute Gasteiger partial charge is 0.0321 e. The minimum atomic E-state index is 0.781. The molecule has 0 heterocycles. The number of benzene rings is 1. The predicted molar refractivity (Wildman–Crippen MR) is 54.0 cm³/mol. The van der Waals surface area contributed by atoms with Crippen molar-refractivity contribution >= 4 is 5.69 Å². The summed E-state index contributed by atoms with van der Waals surface area (Å²) in [4.78, 5) is 0. The van der Waals surface area contributed by atoms with Gasteiger partial charge in [0.1, 0.15) is 0 Å². The van der Waals surface area contributed by atoms with Crippen LogP contribution < -0.4 is 5.73 Å². The molecule has 0 aliphatic carbocycles. The Bertz CT molecular complexity index is 376. The van der Waals surface area contributed by atoms with Crippen molar-refractivity contribution in [2.45, 2.75) is 0 Å². The standard InChI is InChI=1S/C12H9N/c13-12-8-6-11(7-9-12)10-4-2-1-3-5-10/h1-2,4,6-9H,13H2. The first kappa shape index (κ1) is 7.70. The fourth-order valence-electron chi connectivity index (χ4n) is 1.18. The normalized spacial score (nSPS) is 9.23. The summed E-state index contributed by atoms with van der Waals surface area (Å²) in [5.74, 6) is 0. The Morgan fingerprint density at radius 3 is 2.38 bits per heavy atom. The molecule has 0 saturated carbocycles. The summed E-state index contributed by atoms with van der Waals surface area (Å²) in [5.41, 5.74) is 8.53. The molecule has 0 amide bonds. The summed E-state index contributed by atoms with van der Waals surface area (Å²) in [6, 6.07) is 19.5. The van der Waals surface area contributed by atoms with Crippen LogP contribution in [0.4, 0.5) is 5.69 Å². The molecule has 0 fully saturated rings. The SMILES string of the molecule is Nc1ccc(-c2c#cccc2)cc1. The second kappa shape index (κ2) is 3.20. The topological polar surface area (TPSA) is 26.0 Å². The third-order valence-electron chi connectivity index (χ3n) is 1.87. The van der Waals surface area contributed by atoms with Gasteiger partial charge in [-0.15, -0.1) is 0 Å². The van der Waals surface area contributed by atoms with Crippen LogP contribution >= 0.6 is 0 Å². The molecule has 0 aliphatic heterocycles. The zero-order chi connectivity index (χ0) is 9.10. The second-order valence-electron chi connectivity index (χ2n) is 2.83. The van der Waals surface area contributed by atoms with Crippen molar-refractivity contribution in [2.24, 2.45) is 0 Å². The first-order chi connectivity index (χ1) is 6.36. The van der Waals surface area contributed by atoms with Crippen LogP contribution in [0.25, 0.3) is 11.1 Å². The van der Waals surface area contributed by atoms with Crippen LogP contribution in [0.3, 0.4) is 0 Å². The Morgan fingerprint density at radius 1 is 1.00 bits per heavy atom. The van der Waals surface area contributed by atoms with Gasteiger partial charge in [0.05, 0.1) is 0 Å². The van der Waals surface area contributed by atoms with E-state index in [-0.39, 0.29) is 0 Å². The zero-order valence-electron chi connectivity index (χ0n) is 7.12. The maximum Gasteiger partial charge on any atom is 0.0321 e. The highest BCUT2D eigenvalue weighted by atomic mass is 14.5. The third-order valence-corrected chi connectivity index (χ3v) is 1.87. The first-order valence-corrected chi connectivity index (χ1v) is 4.10. The van der Waals surface area contributed by atoms with Crippen LogP contribution in [0.15, 0.2) is 42.5 Å². The molecule has 0 spiro atoms. The molecule has 0 aliphatic rings. The Morgan fingerprint density at radius 2 is 1.77 bits per heavy atom. The maximum atomic E-state index is 5.59. The molecule has 0 aromatic heterocycles. The van der Waals surface area contributed by atoms with Crippen LogP contribution in [-0.4, -0.2) is 0 Å². The number of rotatable bonds is 1. The third kappa shape index (κ3) is 1.62. The lowest BCUT2D eigenvalue weighted by Gasteiger charge is -1.97. The van der Waals surface area contributed by atoms with Gasteiger partial charge in [-0.25, -0.2) is 0 Å². The van der Waals surface area contributed by atoms with Crippen LogP contribution in [0.1, 0.15) is 0 Å². The summed E-state index contributed by atoms with van der Waals surface area (Å²) in [6.07, 6.45) is 0. The van der Waals surface area contributed by atoms with E-state index in [0.29, 0.717) is 0 Å². The minimum absolute atomic E-state index is 0.781. The van der Waals surface area contributed by atoms with E-state index in [2.05, 4.69) is 12.1 Å². The first-order valence-electron chi connectivity index (χ1n) is 4.10. The van der Waals surface area contributed by atoms with Gasteiger partial charge in [0, 0.05) is 11.3 Å². The largest absolute Gasteiger partial charge is 0.399 e. The lowest BCUT2D eigenvalue weighted by atomic mass is 10.1. The number of nitrogen functional groups attached to an aromatic ring is 1. The lowest BCUT2D eigenvalue weighted by molar-refractivity contribution is 1.63. The molecule has 13 heavy (non-hydrogen) atoms. The van der Waals surface area contributed by atoms with Crippen molar-refractivity contribution in [1.29, 1.82) is 0 Å². The van der Waals surface area contributed by atoms with E-state index >= 15 is 0 Å². The van der Waals surface area contributed by atoms with E-state index in [1.807, 2.05) is 42.5 Å². The molecule has 0 atom stereocenters. The molecular formula is C12H9N. The van der Waals surface area contributed by atoms with E-state index in [1.165, 1.54) is 0 Å². The van der Waals surface area contributed by atoms with Crippen molar-refractivity contribution in [3.8, 4) is 11.1 Å². The Hall–Kier alpha value is -1.94. The van der Waals surface area contributed by atoms with Gasteiger partial charge in [-0.1, -0.05) is 30.3 Å². The maximum absolute atomic E-state index is 5.59. The lowest BCUT2D eigenvalue weighted by Crippen LogP contribution is -1.83. The summed E-state index contributed by atoms with van der Waals surface area (Å²) in [7, 11) is 0.